The largest absolute Gasteiger partial charge is 0.366 e. The summed E-state index contributed by atoms with van der Waals surface area (Å²) in [5.41, 5.74) is 7.73. The maximum atomic E-state index is 11.6. The van der Waals surface area contributed by atoms with E-state index < -0.39 is 5.91 Å². The van der Waals surface area contributed by atoms with Gasteiger partial charge in [-0.2, -0.15) is 5.10 Å². The van der Waals surface area contributed by atoms with E-state index in [1.54, 1.807) is 24.5 Å². The highest BCUT2D eigenvalue weighted by Crippen LogP contribution is 2.28. The normalized spacial score (nSPS) is 10.8. The van der Waals surface area contributed by atoms with Crippen LogP contribution in [0.15, 0.2) is 60.9 Å². The van der Waals surface area contributed by atoms with Gasteiger partial charge in [0.1, 0.15) is 5.82 Å². The number of aromatic nitrogens is 4. The van der Waals surface area contributed by atoms with Gasteiger partial charge in [0.15, 0.2) is 0 Å². The summed E-state index contributed by atoms with van der Waals surface area (Å²) in [4.78, 5) is 19.2. The molecule has 4 aromatic rings. The monoisotopic (exact) mass is 344 g/mol. The van der Waals surface area contributed by atoms with Crippen LogP contribution in [0.1, 0.15) is 15.9 Å². The minimum absolute atomic E-state index is 0.444. The first-order valence-electron chi connectivity index (χ1n) is 8.10. The molecule has 0 aliphatic rings. The number of primary amides is 1. The van der Waals surface area contributed by atoms with Crippen LogP contribution >= 0.6 is 0 Å². The molecule has 4 rings (SSSR count). The van der Waals surface area contributed by atoms with Crippen molar-refractivity contribution in [2.24, 2.45) is 5.73 Å². The number of hydrogen-bond acceptors (Lipinski definition) is 5. The predicted molar refractivity (Wildman–Crippen MR) is 99.4 cm³/mol. The highest BCUT2D eigenvalue weighted by molar-refractivity contribution is 6.09. The Morgan fingerprint density at radius 3 is 2.73 bits per heavy atom. The molecule has 7 heteroatoms. The Bertz CT molecular complexity index is 1070. The van der Waals surface area contributed by atoms with Crippen LogP contribution in [0.4, 0.5) is 5.82 Å². The summed E-state index contributed by atoms with van der Waals surface area (Å²) in [5.74, 6) is 0.589. The topological polar surface area (TPSA) is 110 Å². The molecule has 0 atom stereocenters. The third-order valence-corrected chi connectivity index (χ3v) is 4.10. The number of benzene rings is 2. The van der Waals surface area contributed by atoms with E-state index in [1.807, 2.05) is 36.4 Å². The van der Waals surface area contributed by atoms with Gasteiger partial charge < -0.3 is 16.0 Å². The molecule has 7 nitrogen and oxygen atoms in total. The van der Waals surface area contributed by atoms with E-state index in [0.29, 0.717) is 29.4 Å². The fraction of sp³-hybridized carbons (Fsp3) is 0.0526. The van der Waals surface area contributed by atoms with Crippen LogP contribution in [0, 0.1) is 0 Å². The summed E-state index contributed by atoms with van der Waals surface area (Å²) in [5, 5.41) is 12.9. The van der Waals surface area contributed by atoms with Crippen molar-refractivity contribution in [1.82, 2.24) is 20.2 Å². The third kappa shape index (κ3) is 2.98. The van der Waals surface area contributed by atoms with Gasteiger partial charge in [0.05, 0.1) is 11.9 Å². The first-order chi connectivity index (χ1) is 12.7. The molecule has 0 saturated carbocycles. The summed E-state index contributed by atoms with van der Waals surface area (Å²) >= 11 is 0. The van der Waals surface area contributed by atoms with E-state index in [1.165, 1.54) is 0 Å². The van der Waals surface area contributed by atoms with Crippen molar-refractivity contribution in [3.05, 3.63) is 72.1 Å². The van der Waals surface area contributed by atoms with E-state index in [-0.39, 0.29) is 0 Å². The molecule has 0 aliphatic carbocycles. The molecule has 2 aromatic carbocycles. The molecule has 0 bridgehead atoms. The lowest BCUT2D eigenvalue weighted by molar-refractivity contribution is 0.100. The van der Waals surface area contributed by atoms with Crippen LogP contribution in [-0.2, 0) is 6.54 Å². The Morgan fingerprint density at radius 2 is 1.92 bits per heavy atom. The van der Waals surface area contributed by atoms with Crippen LogP contribution in [0.3, 0.4) is 0 Å². The molecule has 128 valence electrons. The highest BCUT2D eigenvalue weighted by atomic mass is 16.1. The number of fused-ring (bicyclic) bond motifs is 1. The van der Waals surface area contributed by atoms with Crippen molar-refractivity contribution in [3.63, 3.8) is 0 Å². The SMILES string of the molecule is NC(=O)c1cccc2c(-c3nncc(NCc4ccccc4)n3)[nH]cc12. The van der Waals surface area contributed by atoms with Crippen molar-refractivity contribution >= 4 is 22.5 Å². The second-order valence-corrected chi connectivity index (χ2v) is 5.80. The molecule has 0 aliphatic heterocycles. The second-order valence-electron chi connectivity index (χ2n) is 5.80. The average molecular weight is 344 g/mol. The van der Waals surface area contributed by atoms with Crippen molar-refractivity contribution in [1.29, 1.82) is 0 Å². The number of carbonyl (C=O) groups excluding carboxylic acids is 1. The quantitative estimate of drug-likeness (QED) is 0.516. The van der Waals surface area contributed by atoms with Gasteiger partial charge in [-0.1, -0.05) is 42.5 Å². The number of aromatic amines is 1. The predicted octanol–water partition coefficient (Wildman–Crippen LogP) is 2.73. The third-order valence-electron chi connectivity index (χ3n) is 4.10. The zero-order valence-electron chi connectivity index (χ0n) is 13.8. The number of H-pyrrole nitrogens is 1. The molecule has 0 spiro atoms. The Labute approximate surface area is 149 Å². The zero-order valence-corrected chi connectivity index (χ0v) is 13.8. The van der Waals surface area contributed by atoms with Gasteiger partial charge in [0, 0.05) is 29.1 Å². The molecule has 0 radical (unpaired) electrons. The Kier molecular flexibility index (Phi) is 4.03. The lowest BCUT2D eigenvalue weighted by Gasteiger charge is -2.06. The van der Waals surface area contributed by atoms with Crippen molar-refractivity contribution in [2.45, 2.75) is 6.54 Å². The van der Waals surface area contributed by atoms with Gasteiger partial charge in [-0.05, 0) is 11.6 Å². The molecule has 0 unspecified atom stereocenters. The van der Waals surface area contributed by atoms with E-state index in [9.17, 15) is 4.79 Å². The average Bonchev–Trinajstić information content (AvgIpc) is 3.11. The van der Waals surface area contributed by atoms with Crippen LogP contribution < -0.4 is 11.1 Å². The Hall–Kier alpha value is -3.74. The molecule has 2 aromatic heterocycles. The van der Waals surface area contributed by atoms with Crippen LogP contribution in [-0.4, -0.2) is 26.1 Å². The number of nitrogens with one attached hydrogen (secondary N) is 2. The van der Waals surface area contributed by atoms with E-state index >= 15 is 0 Å². The smallest absolute Gasteiger partial charge is 0.249 e. The standard InChI is InChI=1S/C19H16N6O/c20-18(26)14-8-4-7-13-15(14)10-22-17(13)19-24-16(11-23-25-19)21-9-12-5-2-1-3-6-12/h1-8,10-11,22H,9H2,(H2,20,26)(H,21,24,25). The van der Waals surface area contributed by atoms with Gasteiger partial charge in [-0.3, -0.25) is 4.79 Å². The maximum absolute atomic E-state index is 11.6. The van der Waals surface area contributed by atoms with Crippen molar-refractivity contribution < 1.29 is 4.79 Å². The summed E-state index contributed by atoms with van der Waals surface area (Å²) in [6, 6.07) is 15.4. The molecule has 0 fully saturated rings. The first-order valence-corrected chi connectivity index (χ1v) is 8.10. The van der Waals surface area contributed by atoms with Gasteiger partial charge in [-0.15, -0.1) is 5.10 Å². The Balaban J connectivity index is 1.65. The maximum Gasteiger partial charge on any atom is 0.249 e. The number of rotatable bonds is 5. The second kappa shape index (κ2) is 6.64. The fourth-order valence-electron chi connectivity index (χ4n) is 2.84. The first kappa shape index (κ1) is 15.8. The van der Waals surface area contributed by atoms with Crippen molar-refractivity contribution in [2.75, 3.05) is 5.32 Å². The van der Waals surface area contributed by atoms with Gasteiger partial charge in [-0.25, -0.2) is 4.98 Å². The van der Waals surface area contributed by atoms with Gasteiger partial charge in [0.2, 0.25) is 11.7 Å². The van der Waals surface area contributed by atoms with Crippen LogP contribution in [0.5, 0.6) is 0 Å². The fourth-order valence-corrected chi connectivity index (χ4v) is 2.84. The lowest BCUT2D eigenvalue weighted by atomic mass is 10.1. The number of carbonyl (C=O) groups is 1. The van der Waals surface area contributed by atoms with E-state index in [4.69, 9.17) is 5.73 Å². The molecule has 1 amide bonds. The lowest BCUT2D eigenvalue weighted by Crippen LogP contribution is -2.10. The molecule has 26 heavy (non-hydrogen) atoms. The Morgan fingerprint density at radius 1 is 1.08 bits per heavy atom. The molecule has 0 saturated heterocycles. The summed E-state index contributed by atoms with van der Waals surface area (Å²) in [6.07, 6.45) is 3.31. The number of nitrogens with zero attached hydrogens (tertiary/aromatic N) is 3. The van der Waals surface area contributed by atoms with Crippen molar-refractivity contribution in [3.8, 4) is 11.5 Å². The number of anilines is 1. The summed E-state index contributed by atoms with van der Waals surface area (Å²) in [6.45, 7) is 0.635. The minimum atomic E-state index is -0.474. The zero-order chi connectivity index (χ0) is 17.9. The number of nitrogens with two attached hydrogens (primary N) is 1. The molecule has 2 heterocycles. The summed E-state index contributed by atoms with van der Waals surface area (Å²) < 4.78 is 0. The molecular formula is C19H16N6O. The van der Waals surface area contributed by atoms with Crippen LogP contribution in [0.2, 0.25) is 0 Å². The van der Waals surface area contributed by atoms with Gasteiger partial charge >= 0.3 is 0 Å². The molecular weight excluding hydrogens is 328 g/mol. The number of amides is 1. The van der Waals surface area contributed by atoms with Crippen LogP contribution in [0.25, 0.3) is 22.3 Å². The van der Waals surface area contributed by atoms with E-state index in [2.05, 4.69) is 25.5 Å². The molecule has 4 N–H and O–H groups in total. The number of hydrogen-bond donors (Lipinski definition) is 3. The minimum Gasteiger partial charge on any atom is -0.366 e. The van der Waals surface area contributed by atoms with E-state index in [0.717, 1.165) is 16.3 Å². The summed E-state index contributed by atoms with van der Waals surface area (Å²) in [7, 11) is 0. The van der Waals surface area contributed by atoms with Gasteiger partial charge in [0.25, 0.3) is 0 Å². The highest BCUT2D eigenvalue weighted by Gasteiger charge is 2.14.